The molecule has 0 aromatic heterocycles. The lowest BCUT2D eigenvalue weighted by molar-refractivity contribution is 0.0437. The van der Waals surface area contributed by atoms with Crippen LogP contribution >= 0.6 is 23.4 Å². The minimum atomic E-state index is -0.472. The molecule has 0 bridgehead atoms. The summed E-state index contributed by atoms with van der Waals surface area (Å²) in [4.78, 5) is 13.1. The van der Waals surface area contributed by atoms with E-state index in [1.807, 2.05) is 66.7 Å². The highest BCUT2D eigenvalue weighted by Gasteiger charge is 2.30. The summed E-state index contributed by atoms with van der Waals surface area (Å²) in [6.45, 7) is 0. The number of carbonyl (C=O) groups excluding carboxylic acids is 1. The van der Waals surface area contributed by atoms with Crippen molar-refractivity contribution >= 4 is 35.0 Å². The van der Waals surface area contributed by atoms with Crippen LogP contribution in [0.3, 0.4) is 0 Å². The maximum absolute atomic E-state index is 12.0. The van der Waals surface area contributed by atoms with Crippen LogP contribution in [0.1, 0.15) is 27.7 Å². The lowest BCUT2D eigenvalue weighted by Crippen LogP contribution is -2.10. The number of ether oxygens (including phenoxy) is 1. The molecule has 3 aromatic carbocycles. The maximum Gasteiger partial charge on any atom is 0.340 e. The van der Waals surface area contributed by atoms with Gasteiger partial charge >= 0.3 is 5.97 Å². The first-order valence-corrected chi connectivity index (χ1v) is 9.60. The van der Waals surface area contributed by atoms with Crippen LogP contribution in [0, 0.1) is 0 Å². The number of esters is 1. The molecule has 1 heterocycles. The maximum atomic E-state index is 12.0. The van der Waals surface area contributed by atoms with Gasteiger partial charge in [0.1, 0.15) is 0 Å². The van der Waals surface area contributed by atoms with Gasteiger partial charge in [-0.05, 0) is 29.8 Å². The van der Waals surface area contributed by atoms with Crippen LogP contribution in [-0.4, -0.2) is 5.97 Å². The van der Waals surface area contributed by atoms with Crippen molar-refractivity contribution in [3.63, 3.8) is 0 Å². The molecular weight excluding hydrogens is 366 g/mol. The van der Waals surface area contributed by atoms with Crippen LogP contribution in [0.2, 0.25) is 5.02 Å². The predicted octanol–water partition coefficient (Wildman–Crippen LogP) is 5.91. The Bertz CT molecular complexity index is 960. The van der Waals surface area contributed by atoms with Crippen molar-refractivity contribution in [2.75, 3.05) is 5.32 Å². The number of cyclic esters (lactones) is 1. The summed E-state index contributed by atoms with van der Waals surface area (Å²) in [6.07, 6.45) is -0.472. The normalized spacial score (nSPS) is 15.4. The average Bonchev–Trinajstić information content (AvgIpc) is 2.98. The number of rotatable bonds is 5. The number of thioether (sulfide) groups is 1. The monoisotopic (exact) mass is 381 g/mol. The van der Waals surface area contributed by atoms with Crippen LogP contribution in [0.25, 0.3) is 0 Å². The van der Waals surface area contributed by atoms with Crippen molar-refractivity contribution in [3.05, 3.63) is 94.5 Å². The van der Waals surface area contributed by atoms with Crippen molar-refractivity contribution < 1.29 is 9.53 Å². The summed E-state index contributed by atoms with van der Waals surface area (Å²) >= 11 is 7.95. The van der Waals surface area contributed by atoms with Gasteiger partial charge in [-0.2, -0.15) is 0 Å². The lowest BCUT2D eigenvalue weighted by Gasteiger charge is -2.17. The number of hydrogen-bond donors (Lipinski definition) is 1. The Balaban J connectivity index is 1.54. The number of para-hydroxylation sites is 1. The van der Waals surface area contributed by atoms with Gasteiger partial charge in [-0.15, -0.1) is 11.8 Å². The standard InChI is InChI=1S/C21H16ClNO2S/c22-17-10-4-1-7-14(17)13-26-19-12-6-5-11-18(19)23-20-15-8-2-3-9-16(15)21(24)25-20/h1-12,20,23H,13H2. The molecule has 0 saturated heterocycles. The molecule has 0 fully saturated rings. The molecule has 1 N–H and O–H groups in total. The van der Waals surface area contributed by atoms with E-state index in [2.05, 4.69) is 5.32 Å². The fraction of sp³-hybridized carbons (Fsp3) is 0.0952. The van der Waals surface area contributed by atoms with Crippen molar-refractivity contribution in [2.45, 2.75) is 16.9 Å². The molecule has 0 amide bonds. The Labute approximate surface area is 161 Å². The predicted molar refractivity (Wildman–Crippen MR) is 106 cm³/mol. The minimum absolute atomic E-state index is 0.292. The molecule has 1 atom stereocenters. The molecule has 0 spiro atoms. The number of hydrogen-bond acceptors (Lipinski definition) is 4. The highest BCUT2D eigenvalue weighted by Crippen LogP contribution is 2.36. The van der Waals surface area contributed by atoms with Crippen LogP contribution in [0.15, 0.2) is 77.7 Å². The molecule has 4 rings (SSSR count). The van der Waals surface area contributed by atoms with Gasteiger partial charge in [0.2, 0.25) is 6.23 Å². The SMILES string of the molecule is O=C1OC(Nc2ccccc2SCc2ccccc2Cl)c2ccccc21. The molecule has 0 radical (unpaired) electrons. The van der Waals surface area contributed by atoms with Crippen LogP contribution in [-0.2, 0) is 10.5 Å². The highest BCUT2D eigenvalue weighted by molar-refractivity contribution is 7.98. The van der Waals surface area contributed by atoms with Crippen molar-refractivity contribution in [2.24, 2.45) is 0 Å². The first-order valence-electron chi connectivity index (χ1n) is 8.24. The second kappa shape index (κ2) is 7.44. The summed E-state index contributed by atoms with van der Waals surface area (Å²) < 4.78 is 5.49. The fourth-order valence-corrected chi connectivity index (χ4v) is 4.18. The van der Waals surface area contributed by atoms with E-state index in [0.29, 0.717) is 5.56 Å². The van der Waals surface area contributed by atoms with Gasteiger partial charge in [0, 0.05) is 21.2 Å². The average molecular weight is 382 g/mol. The minimum Gasteiger partial charge on any atom is -0.434 e. The number of halogens is 1. The highest BCUT2D eigenvalue weighted by atomic mass is 35.5. The molecule has 1 aliphatic rings. The number of anilines is 1. The second-order valence-electron chi connectivity index (χ2n) is 5.89. The van der Waals surface area contributed by atoms with Gasteiger partial charge in [0.25, 0.3) is 0 Å². The zero-order chi connectivity index (χ0) is 17.9. The van der Waals surface area contributed by atoms with E-state index >= 15 is 0 Å². The number of nitrogens with one attached hydrogen (secondary N) is 1. The Morgan fingerprint density at radius 3 is 2.58 bits per heavy atom. The fourth-order valence-electron chi connectivity index (χ4n) is 2.88. The lowest BCUT2D eigenvalue weighted by atomic mass is 10.1. The third-order valence-electron chi connectivity index (χ3n) is 4.20. The van der Waals surface area contributed by atoms with E-state index in [9.17, 15) is 4.79 Å². The quantitative estimate of drug-likeness (QED) is 0.440. The Hall–Kier alpha value is -2.43. The van der Waals surface area contributed by atoms with Gasteiger partial charge < -0.3 is 10.1 Å². The number of carbonyl (C=O) groups is 1. The molecule has 1 unspecified atom stereocenters. The first-order chi connectivity index (χ1) is 12.7. The topological polar surface area (TPSA) is 38.3 Å². The van der Waals surface area contributed by atoms with Gasteiger partial charge in [0.15, 0.2) is 0 Å². The summed E-state index contributed by atoms with van der Waals surface area (Å²) in [5.41, 5.74) is 3.50. The molecule has 0 aliphatic carbocycles. The summed E-state index contributed by atoms with van der Waals surface area (Å²) in [5.74, 6) is 0.471. The second-order valence-corrected chi connectivity index (χ2v) is 7.32. The molecule has 3 nitrogen and oxygen atoms in total. The van der Waals surface area contributed by atoms with E-state index in [1.54, 1.807) is 17.8 Å². The van der Waals surface area contributed by atoms with Crippen LogP contribution in [0.4, 0.5) is 5.69 Å². The van der Waals surface area contributed by atoms with E-state index in [1.165, 1.54) is 0 Å². The third kappa shape index (κ3) is 3.43. The zero-order valence-electron chi connectivity index (χ0n) is 13.8. The third-order valence-corrected chi connectivity index (χ3v) is 5.69. The van der Waals surface area contributed by atoms with Gasteiger partial charge in [-0.25, -0.2) is 4.79 Å². The van der Waals surface area contributed by atoms with Gasteiger partial charge in [0.05, 0.1) is 11.3 Å². The molecule has 3 aromatic rings. The first kappa shape index (κ1) is 17.0. The summed E-state index contributed by atoms with van der Waals surface area (Å²) in [7, 11) is 0. The molecular formula is C21H16ClNO2S. The van der Waals surface area contributed by atoms with Crippen LogP contribution in [0.5, 0.6) is 0 Å². The van der Waals surface area contributed by atoms with E-state index in [-0.39, 0.29) is 5.97 Å². The molecule has 1 aliphatic heterocycles. The number of benzene rings is 3. The Kier molecular flexibility index (Phi) is 4.87. The summed E-state index contributed by atoms with van der Waals surface area (Å²) in [5, 5.41) is 4.12. The number of fused-ring (bicyclic) bond motifs is 1. The molecule has 5 heteroatoms. The van der Waals surface area contributed by atoms with Crippen molar-refractivity contribution in [3.8, 4) is 0 Å². The van der Waals surface area contributed by atoms with Crippen LogP contribution < -0.4 is 5.32 Å². The Morgan fingerprint density at radius 1 is 0.962 bits per heavy atom. The summed E-state index contributed by atoms with van der Waals surface area (Å²) in [6, 6.07) is 23.3. The largest absolute Gasteiger partial charge is 0.434 e. The van der Waals surface area contributed by atoms with Crippen molar-refractivity contribution in [1.29, 1.82) is 0 Å². The van der Waals surface area contributed by atoms with Crippen molar-refractivity contribution in [1.82, 2.24) is 0 Å². The van der Waals surface area contributed by atoms with E-state index in [4.69, 9.17) is 16.3 Å². The molecule has 26 heavy (non-hydrogen) atoms. The molecule has 130 valence electrons. The van der Waals surface area contributed by atoms with E-state index in [0.717, 1.165) is 32.5 Å². The van der Waals surface area contributed by atoms with E-state index < -0.39 is 6.23 Å². The molecule has 0 saturated carbocycles. The zero-order valence-corrected chi connectivity index (χ0v) is 15.4. The Morgan fingerprint density at radius 2 is 1.69 bits per heavy atom. The smallest absolute Gasteiger partial charge is 0.340 e. The van der Waals surface area contributed by atoms with Gasteiger partial charge in [-0.3, -0.25) is 0 Å². The van der Waals surface area contributed by atoms with Gasteiger partial charge in [-0.1, -0.05) is 60.1 Å².